The van der Waals surface area contributed by atoms with Gasteiger partial charge in [0.2, 0.25) is 0 Å². The Morgan fingerprint density at radius 2 is 2.05 bits per heavy atom. The maximum absolute atomic E-state index is 5.57. The summed E-state index contributed by atoms with van der Waals surface area (Å²) < 4.78 is 0. The first-order valence-electron chi connectivity index (χ1n) is 7.38. The highest BCUT2D eigenvalue weighted by Gasteiger charge is 2.18. The number of nitrogens with zero attached hydrogens (tertiary/aromatic N) is 3. The lowest BCUT2D eigenvalue weighted by Gasteiger charge is -2.36. The lowest BCUT2D eigenvalue weighted by Crippen LogP contribution is -2.47. The van der Waals surface area contributed by atoms with E-state index in [1.807, 2.05) is 12.3 Å². The van der Waals surface area contributed by atoms with Gasteiger partial charge in [-0.2, -0.15) is 0 Å². The van der Waals surface area contributed by atoms with Crippen molar-refractivity contribution in [3.05, 3.63) is 24.4 Å². The van der Waals surface area contributed by atoms with Gasteiger partial charge in [-0.1, -0.05) is 13.0 Å². The second-order valence-corrected chi connectivity index (χ2v) is 5.51. The van der Waals surface area contributed by atoms with E-state index in [2.05, 4.69) is 33.8 Å². The molecule has 0 bridgehead atoms. The minimum absolute atomic E-state index is 0.755. The summed E-state index contributed by atoms with van der Waals surface area (Å²) in [5.74, 6) is 1.86. The molecular formula is C15H26N4. The highest BCUT2D eigenvalue weighted by atomic mass is 15.3. The van der Waals surface area contributed by atoms with Gasteiger partial charge in [0, 0.05) is 38.9 Å². The van der Waals surface area contributed by atoms with Gasteiger partial charge in [0.25, 0.3) is 0 Å². The summed E-state index contributed by atoms with van der Waals surface area (Å²) in [6, 6.07) is 6.13. The smallest absolute Gasteiger partial charge is 0.128 e. The van der Waals surface area contributed by atoms with Crippen LogP contribution in [-0.4, -0.2) is 49.2 Å². The fourth-order valence-electron chi connectivity index (χ4n) is 2.70. The molecule has 0 aliphatic carbocycles. The van der Waals surface area contributed by atoms with Crippen LogP contribution in [0, 0.1) is 5.92 Å². The second kappa shape index (κ2) is 7.46. The molecule has 1 aliphatic heterocycles. The SMILES string of the molecule is CC(CCCN)CN1CCN(c2ccccn2)CC1. The fraction of sp³-hybridized carbons (Fsp3) is 0.667. The lowest BCUT2D eigenvalue weighted by molar-refractivity contribution is 0.219. The van der Waals surface area contributed by atoms with Gasteiger partial charge in [-0.25, -0.2) is 4.98 Å². The largest absolute Gasteiger partial charge is 0.354 e. The van der Waals surface area contributed by atoms with Crippen molar-refractivity contribution in [3.63, 3.8) is 0 Å². The van der Waals surface area contributed by atoms with Crippen LogP contribution in [0.2, 0.25) is 0 Å². The normalized spacial score (nSPS) is 18.5. The van der Waals surface area contributed by atoms with Gasteiger partial charge in [-0.15, -0.1) is 0 Å². The van der Waals surface area contributed by atoms with Crippen LogP contribution in [0.4, 0.5) is 5.82 Å². The summed E-state index contributed by atoms with van der Waals surface area (Å²) in [5.41, 5.74) is 5.57. The molecule has 0 aromatic carbocycles. The van der Waals surface area contributed by atoms with Crippen LogP contribution in [0.3, 0.4) is 0 Å². The summed E-state index contributed by atoms with van der Waals surface area (Å²) in [7, 11) is 0. The standard InChI is InChI=1S/C15H26N4/c1-14(5-4-7-16)13-18-9-11-19(12-10-18)15-6-2-3-8-17-15/h2-3,6,8,14H,4-5,7,9-13,16H2,1H3. The molecule has 0 radical (unpaired) electrons. The van der Waals surface area contributed by atoms with Gasteiger partial charge < -0.3 is 10.6 Å². The number of piperazine rings is 1. The number of hydrogen-bond acceptors (Lipinski definition) is 4. The van der Waals surface area contributed by atoms with Crippen LogP contribution in [-0.2, 0) is 0 Å². The van der Waals surface area contributed by atoms with Crippen LogP contribution in [0.5, 0.6) is 0 Å². The Morgan fingerprint density at radius 3 is 2.68 bits per heavy atom. The lowest BCUT2D eigenvalue weighted by atomic mass is 10.0. The van der Waals surface area contributed by atoms with Crippen LogP contribution in [0.1, 0.15) is 19.8 Å². The Kier molecular flexibility index (Phi) is 5.61. The first-order valence-corrected chi connectivity index (χ1v) is 7.38. The molecule has 2 rings (SSSR count). The number of anilines is 1. The van der Waals surface area contributed by atoms with Crippen molar-refractivity contribution in [1.82, 2.24) is 9.88 Å². The van der Waals surface area contributed by atoms with Crippen molar-refractivity contribution in [2.45, 2.75) is 19.8 Å². The van der Waals surface area contributed by atoms with Gasteiger partial charge >= 0.3 is 0 Å². The molecule has 2 heterocycles. The van der Waals surface area contributed by atoms with Crippen LogP contribution >= 0.6 is 0 Å². The Morgan fingerprint density at radius 1 is 1.26 bits per heavy atom. The molecule has 2 N–H and O–H groups in total. The average molecular weight is 262 g/mol. The van der Waals surface area contributed by atoms with E-state index < -0.39 is 0 Å². The zero-order valence-corrected chi connectivity index (χ0v) is 12.0. The fourth-order valence-corrected chi connectivity index (χ4v) is 2.70. The monoisotopic (exact) mass is 262 g/mol. The van der Waals surface area contributed by atoms with Crippen molar-refractivity contribution >= 4 is 5.82 Å². The van der Waals surface area contributed by atoms with Crippen molar-refractivity contribution in [3.8, 4) is 0 Å². The molecule has 1 fully saturated rings. The van der Waals surface area contributed by atoms with Crippen molar-refractivity contribution < 1.29 is 0 Å². The third kappa shape index (κ3) is 4.48. The van der Waals surface area contributed by atoms with Gasteiger partial charge in [-0.05, 0) is 37.4 Å². The van der Waals surface area contributed by atoms with E-state index in [9.17, 15) is 0 Å². The Hall–Kier alpha value is -1.13. The third-order valence-electron chi connectivity index (χ3n) is 3.82. The highest BCUT2D eigenvalue weighted by molar-refractivity contribution is 5.38. The van der Waals surface area contributed by atoms with Crippen LogP contribution < -0.4 is 10.6 Å². The van der Waals surface area contributed by atoms with E-state index in [-0.39, 0.29) is 0 Å². The van der Waals surface area contributed by atoms with E-state index in [0.29, 0.717) is 0 Å². The molecule has 1 saturated heterocycles. The highest BCUT2D eigenvalue weighted by Crippen LogP contribution is 2.14. The minimum Gasteiger partial charge on any atom is -0.354 e. The number of hydrogen-bond donors (Lipinski definition) is 1. The van der Waals surface area contributed by atoms with E-state index in [4.69, 9.17) is 5.73 Å². The molecule has 1 unspecified atom stereocenters. The Labute approximate surface area is 116 Å². The molecule has 106 valence electrons. The van der Waals surface area contributed by atoms with E-state index >= 15 is 0 Å². The number of rotatable bonds is 6. The Bertz CT molecular complexity index is 346. The van der Waals surface area contributed by atoms with Gasteiger partial charge in [0.05, 0.1) is 0 Å². The predicted octanol–water partition coefficient (Wildman–Crippen LogP) is 1.58. The molecule has 1 aliphatic rings. The number of aromatic nitrogens is 1. The molecular weight excluding hydrogens is 236 g/mol. The first-order chi connectivity index (χ1) is 9.29. The number of nitrogens with two attached hydrogens (primary N) is 1. The summed E-state index contributed by atoms with van der Waals surface area (Å²) in [5, 5.41) is 0. The molecule has 1 atom stereocenters. The molecule has 0 spiro atoms. The van der Waals surface area contributed by atoms with Crippen molar-refractivity contribution in [2.75, 3.05) is 44.2 Å². The maximum atomic E-state index is 5.57. The summed E-state index contributed by atoms with van der Waals surface area (Å²) >= 11 is 0. The quantitative estimate of drug-likeness (QED) is 0.845. The molecule has 1 aromatic rings. The molecule has 0 saturated carbocycles. The predicted molar refractivity (Wildman–Crippen MR) is 80.3 cm³/mol. The van der Waals surface area contributed by atoms with Gasteiger partial charge in [-0.3, -0.25) is 4.90 Å². The van der Waals surface area contributed by atoms with E-state index in [1.54, 1.807) is 0 Å². The average Bonchev–Trinajstić information content (AvgIpc) is 2.47. The summed E-state index contributed by atoms with van der Waals surface area (Å²) in [4.78, 5) is 9.37. The maximum Gasteiger partial charge on any atom is 0.128 e. The van der Waals surface area contributed by atoms with Crippen molar-refractivity contribution in [2.24, 2.45) is 11.7 Å². The van der Waals surface area contributed by atoms with Crippen LogP contribution in [0.15, 0.2) is 24.4 Å². The minimum atomic E-state index is 0.755. The third-order valence-corrected chi connectivity index (χ3v) is 3.82. The van der Waals surface area contributed by atoms with Crippen molar-refractivity contribution in [1.29, 1.82) is 0 Å². The van der Waals surface area contributed by atoms with E-state index in [1.165, 1.54) is 13.0 Å². The molecule has 19 heavy (non-hydrogen) atoms. The number of pyridine rings is 1. The summed E-state index contributed by atoms with van der Waals surface area (Å²) in [6.07, 6.45) is 4.27. The zero-order valence-electron chi connectivity index (χ0n) is 12.0. The zero-order chi connectivity index (χ0) is 13.5. The van der Waals surface area contributed by atoms with Gasteiger partial charge in [0.15, 0.2) is 0 Å². The molecule has 4 nitrogen and oxygen atoms in total. The topological polar surface area (TPSA) is 45.4 Å². The van der Waals surface area contributed by atoms with Crippen LogP contribution in [0.25, 0.3) is 0 Å². The molecule has 0 amide bonds. The first kappa shape index (κ1) is 14.3. The Balaban J connectivity index is 1.73. The van der Waals surface area contributed by atoms with Gasteiger partial charge in [0.1, 0.15) is 5.82 Å². The molecule has 1 aromatic heterocycles. The summed E-state index contributed by atoms with van der Waals surface area (Å²) in [6.45, 7) is 8.81. The second-order valence-electron chi connectivity index (χ2n) is 5.51. The molecule has 4 heteroatoms. The van der Waals surface area contributed by atoms with E-state index in [0.717, 1.165) is 50.9 Å².